The van der Waals surface area contributed by atoms with Gasteiger partial charge in [-0.05, 0) is 55.3 Å². The molecule has 1 aromatic heterocycles. The van der Waals surface area contributed by atoms with E-state index < -0.39 is 0 Å². The van der Waals surface area contributed by atoms with E-state index in [2.05, 4.69) is 79.0 Å². The number of hydrogen-bond acceptors (Lipinski definition) is 4. The van der Waals surface area contributed by atoms with Crippen LogP contribution < -0.4 is 4.90 Å². The van der Waals surface area contributed by atoms with E-state index in [0.717, 1.165) is 74.6 Å². The molecule has 0 bridgehead atoms. The molecule has 0 saturated carbocycles. The number of hydrogen-bond donors (Lipinski definition) is 0. The third kappa shape index (κ3) is 4.84. The van der Waals surface area contributed by atoms with Gasteiger partial charge < -0.3 is 14.7 Å². The zero-order chi connectivity index (χ0) is 24.4. The van der Waals surface area contributed by atoms with E-state index in [4.69, 9.17) is 15.0 Å². The van der Waals surface area contributed by atoms with Crippen molar-refractivity contribution in [1.29, 1.82) is 0 Å². The molecule has 0 aliphatic carbocycles. The van der Waals surface area contributed by atoms with Crippen LogP contribution >= 0.6 is 0 Å². The molecule has 0 atom stereocenters. The van der Waals surface area contributed by atoms with Crippen LogP contribution in [0.2, 0.25) is 0 Å². The molecule has 0 radical (unpaired) electrons. The van der Waals surface area contributed by atoms with E-state index in [1.54, 1.807) is 0 Å². The van der Waals surface area contributed by atoms with Crippen LogP contribution in [0.15, 0.2) is 46.4 Å². The van der Waals surface area contributed by atoms with Crippen LogP contribution in [0.3, 0.4) is 0 Å². The summed E-state index contributed by atoms with van der Waals surface area (Å²) in [5, 5.41) is 3.61. The maximum atomic E-state index is 5.27. The number of fused-ring (bicyclic) bond motifs is 3. The SMILES string of the molecule is CCCN(CCC)c1nc2cc(N=C3CCCN3C)ccc2c2ccc(N=C3CCCN3C)cc12. The second-order valence-electron chi connectivity index (χ2n) is 9.96. The molecule has 0 N–H and O–H groups in total. The van der Waals surface area contributed by atoms with Gasteiger partial charge in [0.15, 0.2) is 0 Å². The Balaban J connectivity index is 1.67. The summed E-state index contributed by atoms with van der Waals surface area (Å²) in [6.45, 7) is 8.65. The number of likely N-dealkylation sites (tertiary alicyclic amines) is 2. The van der Waals surface area contributed by atoms with Crippen molar-refractivity contribution in [1.82, 2.24) is 14.8 Å². The van der Waals surface area contributed by atoms with Crippen LogP contribution in [0, 0.1) is 0 Å². The monoisotopic (exact) mass is 470 g/mol. The Labute approximate surface area is 209 Å². The topological polar surface area (TPSA) is 47.3 Å². The second kappa shape index (κ2) is 10.2. The summed E-state index contributed by atoms with van der Waals surface area (Å²) in [4.78, 5) is 22.2. The van der Waals surface area contributed by atoms with Gasteiger partial charge >= 0.3 is 0 Å². The Morgan fingerprint density at radius 2 is 1.34 bits per heavy atom. The van der Waals surface area contributed by atoms with Gasteiger partial charge in [-0.3, -0.25) is 0 Å². The summed E-state index contributed by atoms with van der Waals surface area (Å²) in [6, 6.07) is 13.1. The first-order chi connectivity index (χ1) is 17.1. The van der Waals surface area contributed by atoms with Gasteiger partial charge in [0.25, 0.3) is 0 Å². The van der Waals surface area contributed by atoms with Crippen LogP contribution in [-0.2, 0) is 0 Å². The number of aromatic nitrogens is 1. The zero-order valence-electron chi connectivity index (χ0n) is 21.7. The molecule has 0 amide bonds. The molecule has 184 valence electrons. The second-order valence-corrected chi connectivity index (χ2v) is 9.96. The molecule has 3 heterocycles. The largest absolute Gasteiger partial charge is 0.363 e. The molecule has 6 nitrogen and oxygen atoms in total. The summed E-state index contributed by atoms with van der Waals surface area (Å²) in [5.41, 5.74) is 3.02. The average molecular weight is 471 g/mol. The summed E-state index contributed by atoms with van der Waals surface area (Å²) in [7, 11) is 4.27. The molecule has 6 heteroatoms. The zero-order valence-corrected chi connectivity index (χ0v) is 21.7. The molecular weight excluding hydrogens is 432 g/mol. The van der Waals surface area contributed by atoms with Crippen LogP contribution in [0.25, 0.3) is 21.7 Å². The molecule has 2 aliphatic heterocycles. The Bertz CT molecular complexity index is 1270. The highest BCUT2D eigenvalue weighted by Crippen LogP contribution is 2.36. The van der Waals surface area contributed by atoms with Gasteiger partial charge in [0.05, 0.1) is 16.9 Å². The fraction of sp³-hybridized carbons (Fsp3) is 0.483. The number of amidine groups is 2. The lowest BCUT2D eigenvalue weighted by Crippen LogP contribution is -2.26. The number of pyridine rings is 1. The van der Waals surface area contributed by atoms with Crippen molar-refractivity contribution >= 4 is 50.5 Å². The molecule has 5 rings (SSSR count). The van der Waals surface area contributed by atoms with E-state index >= 15 is 0 Å². The molecule has 3 aromatic rings. The lowest BCUT2D eigenvalue weighted by molar-refractivity contribution is 0.550. The van der Waals surface area contributed by atoms with Crippen molar-refractivity contribution < 1.29 is 0 Å². The van der Waals surface area contributed by atoms with Gasteiger partial charge in [0, 0.05) is 63.9 Å². The fourth-order valence-electron chi connectivity index (χ4n) is 5.38. The van der Waals surface area contributed by atoms with E-state index in [-0.39, 0.29) is 0 Å². The predicted molar refractivity (Wildman–Crippen MR) is 150 cm³/mol. The standard InChI is InChI=1S/C29H38N6/c1-5-15-35(16-6-2)29-25-19-21(30-27-9-7-17-33(27)3)11-13-23(25)24-14-12-22(20-26(24)32-29)31-28-10-8-18-34(28)4/h11-14,19-20H,5-10,15-18H2,1-4H3. The highest BCUT2D eigenvalue weighted by Gasteiger charge is 2.18. The summed E-state index contributed by atoms with van der Waals surface area (Å²) < 4.78 is 0. The van der Waals surface area contributed by atoms with Crippen LogP contribution in [-0.4, -0.2) is 66.7 Å². The normalized spacial score (nSPS) is 18.6. The molecular formula is C29H38N6. The smallest absolute Gasteiger partial charge is 0.137 e. The Hall–Kier alpha value is -3.15. The molecule has 2 saturated heterocycles. The maximum Gasteiger partial charge on any atom is 0.137 e. The minimum absolute atomic E-state index is 0.990. The first kappa shape index (κ1) is 23.6. The van der Waals surface area contributed by atoms with Crippen molar-refractivity contribution in [2.45, 2.75) is 52.4 Å². The average Bonchev–Trinajstić information content (AvgIpc) is 3.45. The Morgan fingerprint density at radius 3 is 1.89 bits per heavy atom. The van der Waals surface area contributed by atoms with Gasteiger partial charge in [0.1, 0.15) is 17.5 Å². The van der Waals surface area contributed by atoms with Gasteiger partial charge in [-0.25, -0.2) is 15.0 Å². The first-order valence-corrected chi connectivity index (χ1v) is 13.3. The van der Waals surface area contributed by atoms with Crippen molar-refractivity contribution in [3.05, 3.63) is 36.4 Å². The van der Waals surface area contributed by atoms with Crippen molar-refractivity contribution in [3.63, 3.8) is 0 Å². The van der Waals surface area contributed by atoms with Gasteiger partial charge in [-0.1, -0.05) is 26.0 Å². The van der Waals surface area contributed by atoms with Gasteiger partial charge in [-0.15, -0.1) is 0 Å². The third-order valence-electron chi connectivity index (χ3n) is 7.21. The van der Waals surface area contributed by atoms with Crippen LogP contribution in [0.5, 0.6) is 0 Å². The van der Waals surface area contributed by atoms with Crippen LogP contribution in [0.4, 0.5) is 17.2 Å². The fourth-order valence-corrected chi connectivity index (χ4v) is 5.38. The van der Waals surface area contributed by atoms with Crippen molar-refractivity contribution in [3.8, 4) is 0 Å². The highest BCUT2D eigenvalue weighted by molar-refractivity contribution is 6.11. The molecule has 2 fully saturated rings. The minimum Gasteiger partial charge on any atom is -0.363 e. The Morgan fingerprint density at radius 1 is 0.771 bits per heavy atom. The number of nitrogens with zero attached hydrogens (tertiary/aromatic N) is 6. The third-order valence-corrected chi connectivity index (χ3v) is 7.21. The first-order valence-electron chi connectivity index (χ1n) is 13.3. The molecule has 2 aromatic carbocycles. The lowest BCUT2D eigenvalue weighted by atomic mass is 10.0. The van der Waals surface area contributed by atoms with E-state index in [1.165, 1.54) is 40.7 Å². The van der Waals surface area contributed by atoms with Gasteiger partial charge in [0.2, 0.25) is 0 Å². The highest BCUT2D eigenvalue weighted by atomic mass is 15.2. The number of aliphatic imine (C=N–C) groups is 2. The number of rotatable bonds is 7. The quantitative estimate of drug-likeness (QED) is 0.369. The minimum atomic E-state index is 0.990. The predicted octanol–water partition coefficient (Wildman–Crippen LogP) is 6.53. The van der Waals surface area contributed by atoms with Gasteiger partial charge in [-0.2, -0.15) is 0 Å². The number of anilines is 1. The van der Waals surface area contributed by atoms with E-state index in [1.807, 2.05) is 0 Å². The van der Waals surface area contributed by atoms with Crippen LogP contribution in [0.1, 0.15) is 52.4 Å². The molecule has 0 unspecified atom stereocenters. The molecule has 2 aliphatic rings. The molecule has 35 heavy (non-hydrogen) atoms. The molecule has 0 spiro atoms. The van der Waals surface area contributed by atoms with E-state index in [9.17, 15) is 0 Å². The summed E-state index contributed by atoms with van der Waals surface area (Å²) >= 11 is 0. The van der Waals surface area contributed by atoms with E-state index in [0.29, 0.717) is 0 Å². The number of benzene rings is 2. The van der Waals surface area contributed by atoms with Crippen molar-refractivity contribution in [2.75, 3.05) is 45.2 Å². The summed E-state index contributed by atoms with van der Waals surface area (Å²) in [6.07, 6.45) is 6.65. The maximum absolute atomic E-state index is 5.27. The lowest BCUT2D eigenvalue weighted by Gasteiger charge is -2.25. The summed E-state index contributed by atoms with van der Waals surface area (Å²) in [5.74, 6) is 3.42. The Kier molecular flexibility index (Phi) is 6.89. The van der Waals surface area contributed by atoms with Crippen molar-refractivity contribution in [2.24, 2.45) is 9.98 Å².